The van der Waals surface area contributed by atoms with Crippen molar-refractivity contribution in [3.05, 3.63) is 18.7 Å². The molecule has 1 atom stereocenters. The predicted octanol–water partition coefficient (Wildman–Crippen LogP) is 2.35. The third-order valence-electron chi connectivity index (χ3n) is 2.10. The molecule has 13 heavy (non-hydrogen) atoms. The third-order valence-corrected chi connectivity index (χ3v) is 2.10. The largest absolute Gasteiger partial charge is 0.276 e. The van der Waals surface area contributed by atoms with Gasteiger partial charge in [-0.15, -0.1) is 0 Å². The van der Waals surface area contributed by atoms with E-state index in [2.05, 4.69) is 18.8 Å². The first kappa shape index (κ1) is 9.96. The Balaban J connectivity index is 2.42. The van der Waals surface area contributed by atoms with E-state index < -0.39 is 0 Å². The van der Waals surface area contributed by atoms with Gasteiger partial charge < -0.3 is 0 Å². The summed E-state index contributed by atoms with van der Waals surface area (Å²) >= 11 is 0. The maximum atomic E-state index is 11.5. The van der Waals surface area contributed by atoms with Gasteiger partial charge in [-0.1, -0.05) is 26.7 Å². The van der Waals surface area contributed by atoms with Gasteiger partial charge in [-0.05, 0) is 5.92 Å². The first-order chi connectivity index (χ1) is 6.24. The highest BCUT2D eigenvalue weighted by atomic mass is 16.2. The molecule has 1 heterocycles. The first-order valence-corrected chi connectivity index (χ1v) is 4.75. The Kier molecular flexibility index (Phi) is 3.68. The minimum atomic E-state index is 0.137. The van der Waals surface area contributed by atoms with E-state index in [9.17, 15) is 4.79 Å². The molecule has 0 aromatic carbocycles. The number of imidazole rings is 1. The zero-order chi connectivity index (χ0) is 9.68. The van der Waals surface area contributed by atoms with E-state index >= 15 is 0 Å². The number of aromatic nitrogens is 2. The van der Waals surface area contributed by atoms with Gasteiger partial charge >= 0.3 is 0 Å². The van der Waals surface area contributed by atoms with E-state index in [1.165, 1.54) is 0 Å². The fourth-order valence-electron chi connectivity index (χ4n) is 1.41. The quantitative estimate of drug-likeness (QED) is 0.712. The van der Waals surface area contributed by atoms with Crippen molar-refractivity contribution in [3.8, 4) is 0 Å². The molecule has 0 aliphatic carbocycles. The number of nitrogens with zero attached hydrogens (tertiary/aromatic N) is 2. The van der Waals surface area contributed by atoms with Gasteiger partial charge in [0.2, 0.25) is 5.91 Å². The van der Waals surface area contributed by atoms with E-state index in [4.69, 9.17) is 0 Å². The highest BCUT2D eigenvalue weighted by Gasteiger charge is 2.09. The zero-order valence-electron chi connectivity index (χ0n) is 8.23. The molecule has 0 N–H and O–H groups in total. The van der Waals surface area contributed by atoms with Gasteiger partial charge in [0.15, 0.2) is 0 Å². The maximum absolute atomic E-state index is 11.5. The standard InChI is InChI=1S/C10H16N2O/c1-3-4-9(2)7-10(13)12-6-5-11-8-12/h5-6,8-9H,3-4,7H2,1-2H3. The maximum Gasteiger partial charge on any atom is 0.232 e. The minimum Gasteiger partial charge on any atom is -0.276 e. The Morgan fingerprint density at radius 1 is 1.62 bits per heavy atom. The summed E-state index contributed by atoms with van der Waals surface area (Å²) < 4.78 is 1.55. The molecule has 72 valence electrons. The summed E-state index contributed by atoms with van der Waals surface area (Å²) in [4.78, 5) is 15.4. The van der Waals surface area contributed by atoms with E-state index in [1.54, 1.807) is 23.3 Å². The van der Waals surface area contributed by atoms with Gasteiger partial charge in [0.05, 0.1) is 0 Å². The molecule has 3 heteroatoms. The number of hydrogen-bond donors (Lipinski definition) is 0. The molecule has 0 saturated heterocycles. The molecule has 0 bridgehead atoms. The molecular weight excluding hydrogens is 164 g/mol. The molecular formula is C10H16N2O. The third kappa shape index (κ3) is 3.01. The molecule has 0 amide bonds. The number of carbonyl (C=O) groups excluding carboxylic acids is 1. The second-order valence-electron chi connectivity index (χ2n) is 3.46. The molecule has 1 aromatic heterocycles. The fraction of sp³-hybridized carbons (Fsp3) is 0.600. The lowest BCUT2D eigenvalue weighted by molar-refractivity contribution is 0.0881. The van der Waals surface area contributed by atoms with Gasteiger partial charge in [-0.3, -0.25) is 9.36 Å². The lowest BCUT2D eigenvalue weighted by atomic mass is 10.0. The van der Waals surface area contributed by atoms with Crippen molar-refractivity contribution < 1.29 is 4.79 Å². The van der Waals surface area contributed by atoms with Crippen molar-refractivity contribution in [3.63, 3.8) is 0 Å². The van der Waals surface area contributed by atoms with Crippen LogP contribution in [-0.4, -0.2) is 15.5 Å². The zero-order valence-corrected chi connectivity index (χ0v) is 8.23. The molecule has 0 fully saturated rings. The van der Waals surface area contributed by atoms with Crippen molar-refractivity contribution in [2.45, 2.75) is 33.1 Å². The SMILES string of the molecule is CCCC(C)CC(=O)n1ccnc1. The smallest absolute Gasteiger partial charge is 0.232 e. The normalized spacial score (nSPS) is 12.8. The van der Waals surface area contributed by atoms with Crippen LogP contribution < -0.4 is 0 Å². The van der Waals surface area contributed by atoms with E-state index in [1.807, 2.05) is 0 Å². The highest BCUT2D eigenvalue weighted by Crippen LogP contribution is 2.10. The second kappa shape index (κ2) is 4.80. The van der Waals surface area contributed by atoms with Crippen molar-refractivity contribution in [1.82, 2.24) is 9.55 Å². The Bertz CT molecular complexity index is 254. The molecule has 0 spiro atoms. The summed E-state index contributed by atoms with van der Waals surface area (Å²) in [7, 11) is 0. The first-order valence-electron chi connectivity index (χ1n) is 4.75. The lowest BCUT2D eigenvalue weighted by Gasteiger charge is -2.08. The number of rotatable bonds is 4. The van der Waals surface area contributed by atoms with Crippen LogP contribution in [0.2, 0.25) is 0 Å². The van der Waals surface area contributed by atoms with Crippen molar-refractivity contribution >= 4 is 5.91 Å². The van der Waals surface area contributed by atoms with Crippen LogP contribution in [-0.2, 0) is 0 Å². The molecule has 3 nitrogen and oxygen atoms in total. The minimum absolute atomic E-state index is 0.137. The Morgan fingerprint density at radius 3 is 2.92 bits per heavy atom. The number of hydrogen-bond acceptors (Lipinski definition) is 2. The Morgan fingerprint density at radius 2 is 2.38 bits per heavy atom. The molecule has 0 radical (unpaired) electrons. The van der Waals surface area contributed by atoms with Crippen molar-refractivity contribution in [2.75, 3.05) is 0 Å². The van der Waals surface area contributed by atoms with E-state index in [0.29, 0.717) is 12.3 Å². The van der Waals surface area contributed by atoms with Crippen LogP contribution in [0.3, 0.4) is 0 Å². The van der Waals surface area contributed by atoms with Gasteiger partial charge in [-0.2, -0.15) is 0 Å². The summed E-state index contributed by atoms with van der Waals surface area (Å²) in [5.41, 5.74) is 0. The Hall–Kier alpha value is -1.12. The van der Waals surface area contributed by atoms with E-state index in [-0.39, 0.29) is 5.91 Å². The average molecular weight is 180 g/mol. The summed E-state index contributed by atoms with van der Waals surface area (Å²) in [6.07, 6.45) is 7.74. The van der Waals surface area contributed by atoms with Gasteiger partial charge in [0.1, 0.15) is 6.33 Å². The van der Waals surface area contributed by atoms with Crippen molar-refractivity contribution in [1.29, 1.82) is 0 Å². The van der Waals surface area contributed by atoms with Crippen molar-refractivity contribution in [2.24, 2.45) is 5.92 Å². The van der Waals surface area contributed by atoms with Gasteiger partial charge in [0.25, 0.3) is 0 Å². The second-order valence-corrected chi connectivity index (χ2v) is 3.46. The summed E-state index contributed by atoms with van der Waals surface area (Å²) in [6.45, 7) is 4.25. The topological polar surface area (TPSA) is 34.9 Å². The van der Waals surface area contributed by atoms with Crippen LogP contribution in [0.4, 0.5) is 0 Å². The molecule has 0 saturated carbocycles. The predicted molar refractivity (Wildman–Crippen MR) is 51.5 cm³/mol. The molecule has 1 unspecified atom stereocenters. The Labute approximate surface area is 78.8 Å². The molecule has 0 aliphatic heterocycles. The molecule has 1 aromatic rings. The van der Waals surface area contributed by atoms with Gasteiger partial charge in [0, 0.05) is 18.8 Å². The van der Waals surface area contributed by atoms with Crippen LogP contribution in [0.25, 0.3) is 0 Å². The fourth-order valence-corrected chi connectivity index (χ4v) is 1.41. The van der Waals surface area contributed by atoms with Crippen LogP contribution in [0.1, 0.15) is 37.9 Å². The van der Waals surface area contributed by atoms with Crippen LogP contribution >= 0.6 is 0 Å². The van der Waals surface area contributed by atoms with Crippen LogP contribution in [0.15, 0.2) is 18.7 Å². The van der Waals surface area contributed by atoms with Gasteiger partial charge in [-0.25, -0.2) is 4.98 Å². The highest BCUT2D eigenvalue weighted by molar-refractivity contribution is 5.78. The lowest BCUT2D eigenvalue weighted by Crippen LogP contribution is -2.12. The molecule has 1 rings (SSSR count). The number of carbonyl (C=O) groups is 1. The summed E-state index contributed by atoms with van der Waals surface area (Å²) in [5.74, 6) is 0.610. The van der Waals surface area contributed by atoms with E-state index in [0.717, 1.165) is 12.8 Å². The van der Waals surface area contributed by atoms with Crippen LogP contribution in [0, 0.1) is 5.92 Å². The monoisotopic (exact) mass is 180 g/mol. The molecule has 0 aliphatic rings. The average Bonchev–Trinajstić information content (AvgIpc) is 2.55. The summed E-state index contributed by atoms with van der Waals surface area (Å²) in [5, 5.41) is 0. The van der Waals surface area contributed by atoms with Crippen LogP contribution in [0.5, 0.6) is 0 Å². The summed E-state index contributed by atoms with van der Waals surface area (Å²) in [6, 6.07) is 0.